The fraction of sp³-hybridized carbons (Fsp3) is 0.250. The molecule has 0 fully saturated rings. The van der Waals surface area contributed by atoms with Gasteiger partial charge in [-0.1, -0.05) is 6.92 Å². The predicted molar refractivity (Wildman–Crippen MR) is 75.4 cm³/mol. The number of phenols is 1. The summed E-state index contributed by atoms with van der Waals surface area (Å²) >= 11 is 0. The number of carbonyl (C=O) groups is 2. The maximum Gasteiger partial charge on any atom is 0.220 e. The van der Waals surface area contributed by atoms with Crippen LogP contribution in [0.1, 0.15) is 29.3 Å². The second-order valence-corrected chi connectivity index (χ2v) is 5.54. The van der Waals surface area contributed by atoms with E-state index in [0.29, 0.717) is 16.9 Å². The minimum Gasteiger partial charge on any atom is -0.507 e. The van der Waals surface area contributed by atoms with E-state index in [9.17, 15) is 19.8 Å². The summed E-state index contributed by atoms with van der Waals surface area (Å²) in [5.41, 5.74) is 0.514. The number of Topliss-reactive ketones (excluding diaryl/α,β-unsaturated/α-hetero) is 1. The van der Waals surface area contributed by atoms with Gasteiger partial charge >= 0.3 is 0 Å². The van der Waals surface area contributed by atoms with Crippen LogP contribution in [0.25, 0.3) is 5.57 Å². The number of fused-ring (bicyclic) bond motifs is 3. The van der Waals surface area contributed by atoms with E-state index in [1.807, 2.05) is 0 Å². The second kappa shape index (κ2) is 4.22. The van der Waals surface area contributed by atoms with Crippen molar-refractivity contribution >= 4 is 17.1 Å². The first kappa shape index (κ1) is 13.4. The highest BCUT2D eigenvalue weighted by Crippen LogP contribution is 2.50. The van der Waals surface area contributed by atoms with Crippen LogP contribution in [0.5, 0.6) is 11.5 Å². The van der Waals surface area contributed by atoms with Gasteiger partial charge in [-0.15, -0.1) is 0 Å². The molecule has 2 aliphatic carbocycles. The highest BCUT2D eigenvalue weighted by Gasteiger charge is 2.42. The van der Waals surface area contributed by atoms with E-state index in [0.717, 1.165) is 0 Å². The summed E-state index contributed by atoms with van der Waals surface area (Å²) in [5, 5.41) is 19.7. The van der Waals surface area contributed by atoms with Gasteiger partial charge in [0.05, 0.1) is 12.7 Å². The quantitative estimate of drug-likeness (QED) is 0.828. The summed E-state index contributed by atoms with van der Waals surface area (Å²) in [6.45, 7) is 1.78. The normalized spacial score (nSPS) is 23.9. The van der Waals surface area contributed by atoms with Crippen molar-refractivity contribution in [1.82, 2.24) is 0 Å². The molecular weight excluding hydrogens is 272 g/mol. The Balaban J connectivity index is 2.31. The Labute approximate surface area is 121 Å². The number of ether oxygens (including phenoxy) is 1. The van der Waals surface area contributed by atoms with Gasteiger partial charge in [0.1, 0.15) is 11.5 Å². The number of carbonyl (C=O) groups excluding carboxylic acids is 2. The van der Waals surface area contributed by atoms with Crippen LogP contribution in [-0.4, -0.2) is 28.9 Å². The summed E-state index contributed by atoms with van der Waals surface area (Å²) in [7, 11) is 1.46. The average molecular weight is 286 g/mol. The molecule has 3 rings (SSSR count). The van der Waals surface area contributed by atoms with Gasteiger partial charge in [0.15, 0.2) is 11.5 Å². The molecule has 5 nitrogen and oxygen atoms in total. The van der Waals surface area contributed by atoms with Gasteiger partial charge in [-0.05, 0) is 29.4 Å². The topological polar surface area (TPSA) is 83.8 Å². The molecule has 5 heteroatoms. The molecule has 108 valence electrons. The summed E-state index contributed by atoms with van der Waals surface area (Å²) in [5.74, 6) is -0.864. The van der Waals surface area contributed by atoms with Crippen LogP contribution in [0.3, 0.4) is 0 Å². The molecule has 2 N–H and O–H groups in total. The monoisotopic (exact) mass is 286 g/mol. The molecule has 1 aromatic carbocycles. The molecule has 1 unspecified atom stereocenters. The van der Waals surface area contributed by atoms with Crippen LogP contribution in [0.2, 0.25) is 0 Å². The van der Waals surface area contributed by atoms with Gasteiger partial charge in [-0.25, -0.2) is 0 Å². The van der Waals surface area contributed by atoms with E-state index in [2.05, 4.69) is 0 Å². The van der Waals surface area contributed by atoms with Crippen molar-refractivity contribution in [2.24, 2.45) is 5.41 Å². The lowest BCUT2D eigenvalue weighted by molar-refractivity contribution is -0.113. The molecule has 0 spiro atoms. The molecule has 0 heterocycles. The summed E-state index contributed by atoms with van der Waals surface area (Å²) < 4.78 is 5.11. The Hall–Kier alpha value is -2.56. The Kier molecular flexibility index (Phi) is 2.69. The van der Waals surface area contributed by atoms with E-state index < -0.39 is 11.2 Å². The minimum atomic E-state index is -0.763. The Morgan fingerprint density at radius 1 is 1.24 bits per heavy atom. The zero-order valence-corrected chi connectivity index (χ0v) is 11.6. The van der Waals surface area contributed by atoms with Gasteiger partial charge in [0.25, 0.3) is 0 Å². The molecule has 0 radical (unpaired) electrons. The molecule has 21 heavy (non-hydrogen) atoms. The van der Waals surface area contributed by atoms with Crippen molar-refractivity contribution in [3.8, 4) is 11.5 Å². The van der Waals surface area contributed by atoms with Crippen molar-refractivity contribution in [3.05, 3.63) is 41.2 Å². The molecule has 1 atom stereocenters. The Morgan fingerprint density at radius 2 is 1.95 bits per heavy atom. The third kappa shape index (κ3) is 1.85. The summed E-state index contributed by atoms with van der Waals surface area (Å²) in [6, 6.07) is 3.00. The number of aromatic hydroxyl groups is 1. The fourth-order valence-electron chi connectivity index (χ4n) is 3.00. The number of hydrogen-bond acceptors (Lipinski definition) is 5. The van der Waals surface area contributed by atoms with Crippen molar-refractivity contribution in [2.75, 3.05) is 7.11 Å². The van der Waals surface area contributed by atoms with E-state index in [-0.39, 0.29) is 29.3 Å². The molecule has 1 aromatic rings. The van der Waals surface area contributed by atoms with Crippen molar-refractivity contribution in [3.63, 3.8) is 0 Å². The largest absolute Gasteiger partial charge is 0.507 e. The Morgan fingerprint density at radius 3 is 2.62 bits per heavy atom. The number of hydrogen-bond donors (Lipinski definition) is 2. The number of rotatable bonds is 1. The van der Waals surface area contributed by atoms with Crippen LogP contribution in [0, 0.1) is 5.41 Å². The minimum absolute atomic E-state index is 0.0864. The number of benzene rings is 1. The number of allylic oxidation sites excluding steroid dienone is 3. The van der Waals surface area contributed by atoms with Gasteiger partial charge < -0.3 is 14.9 Å². The first-order chi connectivity index (χ1) is 9.85. The van der Waals surface area contributed by atoms with Crippen LogP contribution in [-0.2, 0) is 4.79 Å². The fourth-order valence-corrected chi connectivity index (χ4v) is 3.00. The van der Waals surface area contributed by atoms with E-state index in [4.69, 9.17) is 4.74 Å². The number of aliphatic hydroxyl groups is 1. The van der Waals surface area contributed by atoms with Crippen molar-refractivity contribution in [2.45, 2.75) is 13.3 Å². The molecule has 0 aromatic heterocycles. The van der Waals surface area contributed by atoms with E-state index in [1.165, 1.54) is 25.3 Å². The maximum absolute atomic E-state index is 12.3. The highest BCUT2D eigenvalue weighted by atomic mass is 16.5. The van der Waals surface area contributed by atoms with Crippen LogP contribution >= 0.6 is 0 Å². The van der Waals surface area contributed by atoms with Crippen LogP contribution < -0.4 is 4.74 Å². The van der Waals surface area contributed by atoms with Gasteiger partial charge in [0, 0.05) is 17.9 Å². The van der Waals surface area contributed by atoms with Crippen molar-refractivity contribution < 1.29 is 24.5 Å². The Bertz CT molecular complexity index is 741. The summed E-state index contributed by atoms with van der Waals surface area (Å²) in [6.07, 6.45) is 2.81. The van der Waals surface area contributed by atoms with Crippen LogP contribution in [0.4, 0.5) is 0 Å². The molecule has 2 aliphatic rings. The highest BCUT2D eigenvalue weighted by molar-refractivity contribution is 6.15. The number of ketones is 2. The van der Waals surface area contributed by atoms with Crippen LogP contribution in [0.15, 0.2) is 30.0 Å². The average Bonchev–Trinajstić information content (AvgIpc) is 2.40. The number of aliphatic hydroxyl groups excluding tert-OH is 1. The third-order valence-corrected chi connectivity index (χ3v) is 4.02. The lowest BCUT2D eigenvalue weighted by Gasteiger charge is -2.36. The molecule has 0 saturated heterocycles. The number of methoxy groups -OCH3 is 1. The predicted octanol–water partition coefficient (Wildman–Crippen LogP) is 2.40. The van der Waals surface area contributed by atoms with Gasteiger partial charge in [-0.2, -0.15) is 0 Å². The van der Waals surface area contributed by atoms with Gasteiger partial charge in [-0.3, -0.25) is 9.59 Å². The molecular formula is C16H14O5. The zero-order chi connectivity index (χ0) is 15.4. The SMILES string of the molecule is COc1cc(O)c2c(c1)C1=CC(=O)C(O)=CC1(C)CC2=O. The molecule has 0 saturated carbocycles. The van der Waals surface area contributed by atoms with E-state index in [1.54, 1.807) is 13.0 Å². The maximum atomic E-state index is 12.3. The standard InChI is InChI=1S/C16H14O5/c1-16-6-13(19)11(17)5-10(16)9-3-8(21-2)4-12(18)15(9)14(20)7-16/h3-6,18-19H,7H2,1-2H3. The molecule has 0 aliphatic heterocycles. The zero-order valence-electron chi connectivity index (χ0n) is 11.6. The first-order valence-corrected chi connectivity index (χ1v) is 6.48. The van der Waals surface area contributed by atoms with Gasteiger partial charge in [0.2, 0.25) is 5.78 Å². The smallest absolute Gasteiger partial charge is 0.220 e. The van der Waals surface area contributed by atoms with E-state index >= 15 is 0 Å². The first-order valence-electron chi connectivity index (χ1n) is 6.48. The molecule has 0 amide bonds. The lowest BCUT2D eigenvalue weighted by Crippen LogP contribution is -2.31. The third-order valence-electron chi connectivity index (χ3n) is 4.02. The summed E-state index contributed by atoms with van der Waals surface area (Å²) in [4.78, 5) is 24.1. The van der Waals surface area contributed by atoms with Crippen molar-refractivity contribution in [1.29, 1.82) is 0 Å². The lowest BCUT2D eigenvalue weighted by atomic mass is 9.66. The molecule has 0 bridgehead atoms. The number of phenolic OH excluding ortho intramolecular Hbond substituents is 1. The second-order valence-electron chi connectivity index (χ2n) is 5.54.